The molecular formula is C17H17F2N3O3. The Morgan fingerprint density at radius 1 is 1.28 bits per heavy atom. The molecule has 0 radical (unpaired) electrons. The van der Waals surface area contributed by atoms with Gasteiger partial charge in [0, 0.05) is 12.1 Å². The minimum atomic E-state index is -0.585. The van der Waals surface area contributed by atoms with E-state index in [4.69, 9.17) is 9.47 Å². The van der Waals surface area contributed by atoms with E-state index in [9.17, 15) is 13.6 Å². The molecule has 0 saturated carbocycles. The lowest BCUT2D eigenvalue weighted by molar-refractivity contribution is 0.0515. The molecule has 8 heteroatoms. The summed E-state index contributed by atoms with van der Waals surface area (Å²) in [5, 5.41) is 0. The van der Waals surface area contributed by atoms with Gasteiger partial charge in [-0.15, -0.1) is 0 Å². The van der Waals surface area contributed by atoms with Gasteiger partial charge in [0.1, 0.15) is 6.10 Å². The molecule has 2 aromatic rings. The lowest BCUT2D eigenvalue weighted by atomic mass is 10.1. The van der Waals surface area contributed by atoms with Crippen LogP contribution < -0.4 is 9.47 Å². The largest absolute Gasteiger partial charge is 0.494 e. The number of likely N-dealkylation sites (tertiary alicyclic amines) is 1. The Morgan fingerprint density at radius 2 is 2.04 bits per heavy atom. The number of rotatable bonds is 4. The molecule has 1 aliphatic rings. The average Bonchev–Trinajstić information content (AvgIpc) is 2.63. The Hall–Kier alpha value is -2.77. The van der Waals surface area contributed by atoms with Crippen LogP contribution in [0, 0.1) is 11.6 Å². The van der Waals surface area contributed by atoms with Crippen LogP contribution in [0.5, 0.6) is 11.8 Å². The van der Waals surface area contributed by atoms with E-state index in [-0.39, 0.29) is 29.3 Å². The fourth-order valence-corrected chi connectivity index (χ4v) is 2.71. The number of amides is 1. The smallest absolute Gasteiger partial charge is 0.316 e. The summed E-state index contributed by atoms with van der Waals surface area (Å²) in [4.78, 5) is 21.7. The number of aromatic nitrogens is 2. The molecule has 0 aliphatic carbocycles. The summed E-state index contributed by atoms with van der Waals surface area (Å²) in [6.45, 7) is 0.879. The monoisotopic (exact) mass is 349 g/mol. The molecule has 6 nitrogen and oxygen atoms in total. The highest BCUT2D eigenvalue weighted by atomic mass is 19.1. The van der Waals surface area contributed by atoms with Gasteiger partial charge in [0.25, 0.3) is 5.91 Å². The molecule has 1 aromatic heterocycles. The maximum atomic E-state index is 13.8. The van der Waals surface area contributed by atoms with Gasteiger partial charge in [-0.3, -0.25) is 4.79 Å². The molecule has 3 rings (SSSR count). The van der Waals surface area contributed by atoms with Crippen molar-refractivity contribution < 1.29 is 23.0 Å². The maximum absolute atomic E-state index is 13.8. The number of methoxy groups -OCH3 is 1. The lowest BCUT2D eigenvalue weighted by Gasteiger charge is -2.32. The molecule has 1 aliphatic heterocycles. The van der Waals surface area contributed by atoms with Crippen molar-refractivity contribution in [2.24, 2.45) is 0 Å². The fraction of sp³-hybridized carbons (Fsp3) is 0.353. The zero-order valence-electron chi connectivity index (χ0n) is 13.6. The third kappa shape index (κ3) is 4.01. The van der Waals surface area contributed by atoms with Crippen LogP contribution in [0.3, 0.4) is 0 Å². The summed E-state index contributed by atoms with van der Waals surface area (Å²) in [7, 11) is 1.37. The first-order chi connectivity index (χ1) is 12.1. The van der Waals surface area contributed by atoms with Crippen molar-refractivity contribution in [1.29, 1.82) is 0 Å². The second kappa shape index (κ2) is 7.42. The van der Waals surface area contributed by atoms with Crippen LogP contribution in [0.15, 0.2) is 30.6 Å². The number of piperidine rings is 1. The number of carbonyl (C=O) groups excluding carboxylic acids is 1. The number of nitrogens with zero attached hydrogens (tertiary/aromatic N) is 3. The Balaban J connectivity index is 1.67. The minimum absolute atomic E-state index is 0.0659. The van der Waals surface area contributed by atoms with Crippen LogP contribution in [0.25, 0.3) is 0 Å². The van der Waals surface area contributed by atoms with Gasteiger partial charge in [-0.05, 0) is 31.0 Å². The number of benzene rings is 1. The van der Waals surface area contributed by atoms with E-state index in [0.717, 1.165) is 31.3 Å². The molecule has 25 heavy (non-hydrogen) atoms. The van der Waals surface area contributed by atoms with Crippen molar-refractivity contribution >= 4 is 5.91 Å². The Morgan fingerprint density at radius 3 is 2.72 bits per heavy atom. The van der Waals surface area contributed by atoms with E-state index in [0.29, 0.717) is 13.1 Å². The number of ether oxygens (including phenoxy) is 2. The fourth-order valence-electron chi connectivity index (χ4n) is 2.71. The van der Waals surface area contributed by atoms with Crippen molar-refractivity contribution in [3.8, 4) is 11.8 Å². The van der Waals surface area contributed by atoms with Gasteiger partial charge >= 0.3 is 6.01 Å². The molecule has 1 amide bonds. The molecule has 0 spiro atoms. The molecule has 0 N–H and O–H groups in total. The van der Waals surface area contributed by atoms with Crippen LogP contribution >= 0.6 is 0 Å². The van der Waals surface area contributed by atoms with E-state index >= 15 is 0 Å². The Labute approximate surface area is 143 Å². The number of carbonyl (C=O) groups is 1. The summed E-state index contributed by atoms with van der Waals surface area (Å²) in [6, 6.07) is 4.18. The summed E-state index contributed by atoms with van der Waals surface area (Å²) < 4.78 is 37.1. The van der Waals surface area contributed by atoms with Crippen molar-refractivity contribution in [2.45, 2.75) is 18.9 Å². The van der Waals surface area contributed by atoms with Gasteiger partial charge in [-0.25, -0.2) is 18.7 Å². The zero-order valence-corrected chi connectivity index (χ0v) is 13.6. The van der Waals surface area contributed by atoms with Gasteiger partial charge in [0.2, 0.25) is 0 Å². The first-order valence-corrected chi connectivity index (χ1v) is 7.84. The number of hydrogen-bond acceptors (Lipinski definition) is 5. The SMILES string of the molecule is COc1ccc(C(=O)N2CCCC(Oc3ncc(F)cn3)C2)cc1F. The highest BCUT2D eigenvalue weighted by Crippen LogP contribution is 2.21. The van der Waals surface area contributed by atoms with E-state index in [2.05, 4.69) is 9.97 Å². The van der Waals surface area contributed by atoms with Gasteiger partial charge in [-0.1, -0.05) is 0 Å². The van der Waals surface area contributed by atoms with Crippen LogP contribution in [0.4, 0.5) is 8.78 Å². The molecule has 132 valence electrons. The maximum Gasteiger partial charge on any atom is 0.316 e. The van der Waals surface area contributed by atoms with Crippen LogP contribution in [-0.2, 0) is 0 Å². The zero-order chi connectivity index (χ0) is 17.8. The predicted molar refractivity (Wildman–Crippen MR) is 84.5 cm³/mol. The molecule has 2 heterocycles. The Kier molecular flexibility index (Phi) is 5.06. The summed E-state index contributed by atoms with van der Waals surface area (Å²) >= 11 is 0. The second-order valence-electron chi connectivity index (χ2n) is 5.67. The minimum Gasteiger partial charge on any atom is -0.494 e. The molecule has 1 atom stereocenters. The van der Waals surface area contributed by atoms with Crippen molar-refractivity contribution in [1.82, 2.24) is 14.9 Å². The summed E-state index contributed by atoms with van der Waals surface area (Å²) in [6.07, 6.45) is 3.20. The van der Waals surface area contributed by atoms with E-state index in [1.54, 1.807) is 4.90 Å². The summed E-state index contributed by atoms with van der Waals surface area (Å²) in [5.41, 5.74) is 0.247. The quantitative estimate of drug-likeness (QED) is 0.848. The van der Waals surface area contributed by atoms with Crippen molar-refractivity contribution in [2.75, 3.05) is 20.2 Å². The standard InChI is InChI=1S/C17H17F2N3O3/c1-24-15-5-4-11(7-14(15)19)16(23)22-6-2-3-13(10-22)25-17-20-8-12(18)9-21-17/h4-5,7-9,13H,2-3,6,10H2,1H3. The highest BCUT2D eigenvalue weighted by Gasteiger charge is 2.26. The molecular weight excluding hydrogens is 332 g/mol. The predicted octanol–water partition coefficient (Wildman–Crippen LogP) is 2.45. The molecule has 0 bridgehead atoms. The number of hydrogen-bond donors (Lipinski definition) is 0. The molecule has 1 saturated heterocycles. The van der Waals surface area contributed by atoms with Gasteiger partial charge in [0.15, 0.2) is 17.4 Å². The average molecular weight is 349 g/mol. The van der Waals surface area contributed by atoms with Crippen LogP contribution in [0.2, 0.25) is 0 Å². The normalized spacial score (nSPS) is 17.2. The van der Waals surface area contributed by atoms with Crippen LogP contribution in [-0.4, -0.2) is 47.1 Å². The first-order valence-electron chi connectivity index (χ1n) is 7.84. The molecule has 1 aromatic carbocycles. The van der Waals surface area contributed by atoms with E-state index in [1.165, 1.54) is 19.2 Å². The Bertz CT molecular complexity index is 755. The number of halogens is 2. The van der Waals surface area contributed by atoms with Gasteiger partial charge < -0.3 is 14.4 Å². The van der Waals surface area contributed by atoms with Crippen molar-refractivity contribution in [3.63, 3.8) is 0 Å². The van der Waals surface area contributed by atoms with Gasteiger partial charge in [0.05, 0.1) is 26.0 Å². The first kappa shape index (κ1) is 17.1. The third-order valence-electron chi connectivity index (χ3n) is 3.93. The molecule has 1 unspecified atom stereocenters. The third-order valence-corrected chi connectivity index (χ3v) is 3.93. The lowest BCUT2D eigenvalue weighted by Crippen LogP contribution is -2.44. The van der Waals surface area contributed by atoms with E-state index in [1.807, 2.05) is 0 Å². The molecule has 1 fully saturated rings. The van der Waals surface area contributed by atoms with Crippen LogP contribution in [0.1, 0.15) is 23.2 Å². The topological polar surface area (TPSA) is 64.5 Å². The van der Waals surface area contributed by atoms with Gasteiger partial charge in [-0.2, -0.15) is 0 Å². The van der Waals surface area contributed by atoms with Crippen molar-refractivity contribution in [3.05, 3.63) is 47.8 Å². The second-order valence-corrected chi connectivity index (χ2v) is 5.67. The van der Waals surface area contributed by atoms with E-state index < -0.39 is 11.6 Å². The highest BCUT2D eigenvalue weighted by molar-refractivity contribution is 5.94. The summed E-state index contributed by atoms with van der Waals surface area (Å²) in [5.74, 6) is -1.33.